The van der Waals surface area contributed by atoms with Gasteiger partial charge in [-0.2, -0.15) is 0 Å². The molecular formula is C15H12O3. The number of carbonyl (C=O) groups is 2. The van der Waals surface area contributed by atoms with E-state index in [9.17, 15) is 9.59 Å². The zero-order valence-electron chi connectivity index (χ0n) is 9.71. The van der Waals surface area contributed by atoms with Crippen LogP contribution in [0, 0.1) is 0 Å². The number of ketones is 1. The van der Waals surface area contributed by atoms with Gasteiger partial charge in [-0.05, 0) is 29.8 Å². The molecule has 0 fully saturated rings. The smallest absolute Gasteiger partial charge is 0.199 e. The van der Waals surface area contributed by atoms with Gasteiger partial charge in [0, 0.05) is 6.42 Å². The molecule has 0 unspecified atom stereocenters. The lowest BCUT2D eigenvalue weighted by Crippen LogP contribution is -2.03. The lowest BCUT2D eigenvalue weighted by atomic mass is 10.1. The molecule has 0 N–H and O–H groups in total. The van der Waals surface area contributed by atoms with Crippen LogP contribution in [-0.2, 0) is 16.0 Å². The molecular weight excluding hydrogens is 228 g/mol. The van der Waals surface area contributed by atoms with E-state index in [0.717, 1.165) is 11.3 Å². The third-order valence-electron chi connectivity index (χ3n) is 2.39. The minimum atomic E-state index is -0.438. The van der Waals surface area contributed by atoms with E-state index >= 15 is 0 Å². The Labute approximate surface area is 105 Å². The summed E-state index contributed by atoms with van der Waals surface area (Å²) in [6.45, 7) is 0. The molecule has 18 heavy (non-hydrogen) atoms. The number of carbonyl (C=O) groups excluding carboxylic acids is 2. The first-order valence-electron chi connectivity index (χ1n) is 5.58. The predicted molar refractivity (Wildman–Crippen MR) is 67.7 cm³/mol. The Morgan fingerprint density at radius 1 is 1.00 bits per heavy atom. The third-order valence-corrected chi connectivity index (χ3v) is 2.39. The summed E-state index contributed by atoms with van der Waals surface area (Å²) >= 11 is 0. The molecule has 0 atom stereocenters. The van der Waals surface area contributed by atoms with E-state index in [4.69, 9.17) is 4.74 Å². The van der Waals surface area contributed by atoms with Crippen LogP contribution in [-0.4, -0.2) is 12.1 Å². The van der Waals surface area contributed by atoms with Crippen LogP contribution in [0.3, 0.4) is 0 Å². The first-order chi connectivity index (χ1) is 8.78. The maximum atomic E-state index is 11.0. The minimum Gasteiger partial charge on any atom is -0.457 e. The van der Waals surface area contributed by atoms with Gasteiger partial charge in [0.25, 0.3) is 0 Å². The van der Waals surface area contributed by atoms with Gasteiger partial charge in [0.1, 0.15) is 11.5 Å². The van der Waals surface area contributed by atoms with E-state index in [1.165, 1.54) is 0 Å². The van der Waals surface area contributed by atoms with Crippen molar-refractivity contribution in [3.63, 3.8) is 0 Å². The molecule has 0 aliphatic heterocycles. The van der Waals surface area contributed by atoms with E-state index in [0.29, 0.717) is 12.0 Å². The Morgan fingerprint density at radius 3 is 2.44 bits per heavy atom. The summed E-state index contributed by atoms with van der Waals surface area (Å²) in [7, 11) is 0. The first kappa shape index (κ1) is 12.0. The predicted octanol–water partition coefficient (Wildman–Crippen LogP) is 2.79. The number of para-hydroxylation sites is 1. The summed E-state index contributed by atoms with van der Waals surface area (Å²) in [6, 6.07) is 16.5. The van der Waals surface area contributed by atoms with Crippen LogP contribution in [0.15, 0.2) is 54.6 Å². The molecule has 0 radical (unpaired) electrons. The quantitative estimate of drug-likeness (QED) is 0.596. The normalized spacial score (nSPS) is 9.78. The Kier molecular flexibility index (Phi) is 3.86. The van der Waals surface area contributed by atoms with Crippen molar-refractivity contribution in [1.29, 1.82) is 0 Å². The fourth-order valence-electron chi connectivity index (χ4n) is 1.59. The second kappa shape index (κ2) is 5.77. The van der Waals surface area contributed by atoms with E-state index in [1.54, 1.807) is 18.2 Å². The molecule has 0 saturated carbocycles. The van der Waals surface area contributed by atoms with Gasteiger partial charge >= 0.3 is 0 Å². The van der Waals surface area contributed by atoms with Crippen LogP contribution in [0.1, 0.15) is 5.56 Å². The second-order valence-corrected chi connectivity index (χ2v) is 3.82. The van der Waals surface area contributed by atoms with Crippen LogP contribution < -0.4 is 4.74 Å². The van der Waals surface area contributed by atoms with Gasteiger partial charge in [-0.1, -0.05) is 30.3 Å². The number of Topliss-reactive ketones (excluding diaryl/α,β-unsaturated/α-hetero) is 1. The van der Waals surface area contributed by atoms with Crippen molar-refractivity contribution >= 4 is 12.1 Å². The standard InChI is InChI=1S/C15H12O3/c16-11-13(17)9-12-5-4-8-15(10-12)18-14-6-2-1-3-7-14/h1-8,10-11H,9H2. The molecule has 0 aliphatic rings. The Bertz CT molecular complexity index is 547. The molecule has 0 saturated heterocycles. The minimum absolute atomic E-state index is 0.107. The molecule has 90 valence electrons. The average molecular weight is 240 g/mol. The zero-order chi connectivity index (χ0) is 12.8. The van der Waals surface area contributed by atoms with Gasteiger partial charge in [0.15, 0.2) is 12.1 Å². The molecule has 2 rings (SSSR count). The van der Waals surface area contributed by atoms with E-state index < -0.39 is 5.78 Å². The highest BCUT2D eigenvalue weighted by atomic mass is 16.5. The Hall–Kier alpha value is -2.42. The number of benzene rings is 2. The maximum absolute atomic E-state index is 11.0. The van der Waals surface area contributed by atoms with Gasteiger partial charge in [0.05, 0.1) is 0 Å². The highest BCUT2D eigenvalue weighted by Gasteiger charge is 2.03. The number of hydrogen-bond acceptors (Lipinski definition) is 3. The highest BCUT2D eigenvalue weighted by molar-refractivity contribution is 6.25. The van der Waals surface area contributed by atoms with Crippen molar-refractivity contribution in [2.24, 2.45) is 0 Å². The largest absolute Gasteiger partial charge is 0.457 e. The first-order valence-corrected chi connectivity index (χ1v) is 5.58. The van der Waals surface area contributed by atoms with Gasteiger partial charge in [-0.15, -0.1) is 0 Å². The van der Waals surface area contributed by atoms with Gasteiger partial charge in [-0.3, -0.25) is 9.59 Å². The van der Waals surface area contributed by atoms with Crippen molar-refractivity contribution in [3.8, 4) is 11.5 Å². The van der Waals surface area contributed by atoms with E-state index in [2.05, 4.69) is 0 Å². The average Bonchev–Trinajstić information content (AvgIpc) is 2.40. The number of rotatable bonds is 5. The Balaban J connectivity index is 2.12. The summed E-state index contributed by atoms with van der Waals surface area (Å²) < 4.78 is 5.63. The summed E-state index contributed by atoms with van der Waals surface area (Å²) in [5.74, 6) is 0.945. The van der Waals surface area contributed by atoms with Crippen molar-refractivity contribution < 1.29 is 14.3 Å². The molecule has 0 aromatic heterocycles. The molecule has 3 nitrogen and oxygen atoms in total. The van der Waals surface area contributed by atoms with Gasteiger partial charge in [0.2, 0.25) is 0 Å². The molecule has 0 amide bonds. The van der Waals surface area contributed by atoms with Crippen molar-refractivity contribution in [3.05, 3.63) is 60.2 Å². The third kappa shape index (κ3) is 3.28. The number of aldehydes is 1. The number of ether oxygens (including phenoxy) is 1. The zero-order valence-corrected chi connectivity index (χ0v) is 9.71. The van der Waals surface area contributed by atoms with E-state index in [-0.39, 0.29) is 6.42 Å². The maximum Gasteiger partial charge on any atom is 0.199 e. The Morgan fingerprint density at radius 2 is 1.72 bits per heavy atom. The summed E-state index contributed by atoms with van der Waals surface area (Å²) in [5.41, 5.74) is 0.764. The van der Waals surface area contributed by atoms with Crippen LogP contribution in [0.2, 0.25) is 0 Å². The number of hydrogen-bond donors (Lipinski definition) is 0. The van der Waals surface area contributed by atoms with Crippen molar-refractivity contribution in [1.82, 2.24) is 0 Å². The molecule has 2 aromatic rings. The SMILES string of the molecule is O=CC(=O)Cc1cccc(Oc2ccccc2)c1. The van der Waals surface area contributed by atoms with Crippen LogP contribution in [0.4, 0.5) is 0 Å². The van der Waals surface area contributed by atoms with Crippen LogP contribution >= 0.6 is 0 Å². The lowest BCUT2D eigenvalue weighted by Gasteiger charge is -2.06. The van der Waals surface area contributed by atoms with E-state index in [1.807, 2.05) is 36.4 Å². The topological polar surface area (TPSA) is 43.4 Å². The molecule has 0 aliphatic carbocycles. The fourth-order valence-corrected chi connectivity index (χ4v) is 1.59. The van der Waals surface area contributed by atoms with Gasteiger partial charge in [-0.25, -0.2) is 0 Å². The van der Waals surface area contributed by atoms with Gasteiger partial charge < -0.3 is 4.74 Å². The monoisotopic (exact) mass is 240 g/mol. The van der Waals surface area contributed by atoms with Crippen LogP contribution in [0.25, 0.3) is 0 Å². The molecule has 0 heterocycles. The van der Waals surface area contributed by atoms with Crippen molar-refractivity contribution in [2.45, 2.75) is 6.42 Å². The fraction of sp³-hybridized carbons (Fsp3) is 0.0667. The van der Waals surface area contributed by atoms with Crippen LogP contribution in [0.5, 0.6) is 11.5 Å². The molecule has 0 bridgehead atoms. The molecule has 0 spiro atoms. The summed E-state index contributed by atoms with van der Waals surface area (Å²) in [5, 5.41) is 0. The highest BCUT2D eigenvalue weighted by Crippen LogP contribution is 2.21. The summed E-state index contributed by atoms with van der Waals surface area (Å²) in [6.07, 6.45) is 0.445. The summed E-state index contributed by atoms with van der Waals surface area (Å²) in [4.78, 5) is 21.3. The lowest BCUT2D eigenvalue weighted by molar-refractivity contribution is -0.129. The molecule has 2 aromatic carbocycles. The van der Waals surface area contributed by atoms with Crippen molar-refractivity contribution in [2.75, 3.05) is 0 Å². The molecule has 3 heteroatoms. The second-order valence-electron chi connectivity index (χ2n) is 3.82.